The fourth-order valence-electron chi connectivity index (χ4n) is 5.61. The molecule has 2 bridgehead atoms. The van der Waals surface area contributed by atoms with E-state index in [-0.39, 0.29) is 23.3 Å². The van der Waals surface area contributed by atoms with Crippen molar-refractivity contribution >= 4 is 0 Å². The molecule has 1 aromatic rings. The number of benzene rings is 1. The van der Waals surface area contributed by atoms with Gasteiger partial charge in [-0.3, -0.25) is 0 Å². The summed E-state index contributed by atoms with van der Waals surface area (Å²) in [6.07, 6.45) is 2.96. The van der Waals surface area contributed by atoms with E-state index in [9.17, 15) is 13.9 Å². The average molecular weight is 373 g/mol. The van der Waals surface area contributed by atoms with Gasteiger partial charge in [-0.1, -0.05) is 6.92 Å². The summed E-state index contributed by atoms with van der Waals surface area (Å²) in [7, 11) is 5.82. The predicted molar refractivity (Wildman–Crippen MR) is 90.9 cm³/mol. The van der Waals surface area contributed by atoms with Gasteiger partial charge in [0.1, 0.15) is 5.60 Å². The van der Waals surface area contributed by atoms with Crippen molar-refractivity contribution in [3.05, 3.63) is 23.0 Å². The molecule has 4 nitrogen and oxygen atoms in total. The molecule has 0 heterocycles. The SMILES string of the molecule is COc1c(F)c(F)c(OC)c(C2(O)CC3CCC(C)(C3)C2N(C)C)c1F. The van der Waals surface area contributed by atoms with Crippen molar-refractivity contribution < 1.29 is 27.8 Å². The quantitative estimate of drug-likeness (QED) is 0.821. The minimum atomic E-state index is -1.73. The third-order valence-corrected chi connectivity index (χ3v) is 6.19. The molecule has 146 valence electrons. The summed E-state index contributed by atoms with van der Waals surface area (Å²) in [6.45, 7) is 2.06. The molecule has 0 radical (unpaired) electrons. The monoisotopic (exact) mass is 373 g/mol. The number of ether oxygens (including phenoxy) is 2. The van der Waals surface area contributed by atoms with E-state index in [1.807, 2.05) is 4.90 Å². The number of nitrogens with zero attached hydrogens (tertiary/aromatic N) is 1. The molecule has 2 aliphatic rings. The Kier molecular flexibility index (Phi) is 4.68. The summed E-state index contributed by atoms with van der Waals surface area (Å²) in [4.78, 5) is 1.84. The Labute approximate surface area is 151 Å². The molecule has 26 heavy (non-hydrogen) atoms. The molecular weight excluding hydrogens is 347 g/mol. The molecule has 4 atom stereocenters. The molecule has 2 fully saturated rings. The van der Waals surface area contributed by atoms with Gasteiger partial charge < -0.3 is 19.5 Å². The van der Waals surface area contributed by atoms with Gasteiger partial charge in [0, 0.05) is 6.04 Å². The van der Waals surface area contributed by atoms with Gasteiger partial charge in [-0.2, -0.15) is 8.78 Å². The van der Waals surface area contributed by atoms with Crippen LogP contribution < -0.4 is 9.47 Å². The van der Waals surface area contributed by atoms with E-state index in [0.29, 0.717) is 0 Å². The minimum absolute atomic E-state index is 0.185. The second-order valence-electron chi connectivity index (χ2n) is 8.14. The topological polar surface area (TPSA) is 41.9 Å². The summed E-state index contributed by atoms with van der Waals surface area (Å²) in [5, 5.41) is 11.7. The minimum Gasteiger partial charge on any atom is -0.493 e. The van der Waals surface area contributed by atoms with Crippen LogP contribution in [0.25, 0.3) is 0 Å². The molecular formula is C19H26F3NO3. The Bertz CT molecular complexity index is 727. The zero-order valence-corrected chi connectivity index (χ0v) is 15.8. The van der Waals surface area contributed by atoms with Gasteiger partial charge >= 0.3 is 0 Å². The number of fused-ring (bicyclic) bond motifs is 2. The Hall–Kier alpha value is -1.47. The van der Waals surface area contributed by atoms with Crippen molar-refractivity contribution in [1.29, 1.82) is 0 Å². The first-order valence-corrected chi connectivity index (χ1v) is 8.78. The molecule has 3 rings (SSSR count). The van der Waals surface area contributed by atoms with Crippen molar-refractivity contribution in [1.82, 2.24) is 4.90 Å². The van der Waals surface area contributed by atoms with Gasteiger partial charge in [-0.05, 0) is 51.1 Å². The van der Waals surface area contributed by atoms with Crippen LogP contribution in [0.1, 0.15) is 38.2 Å². The van der Waals surface area contributed by atoms with Gasteiger partial charge in [0.05, 0.1) is 19.8 Å². The summed E-state index contributed by atoms with van der Waals surface area (Å²) < 4.78 is 53.8. The number of rotatable bonds is 4. The lowest BCUT2D eigenvalue weighted by atomic mass is 9.62. The van der Waals surface area contributed by atoms with E-state index < -0.39 is 40.6 Å². The van der Waals surface area contributed by atoms with Crippen LogP contribution in [0.3, 0.4) is 0 Å². The van der Waals surface area contributed by atoms with Crippen molar-refractivity contribution in [3.8, 4) is 11.5 Å². The summed E-state index contributed by atoms with van der Waals surface area (Å²) in [6, 6.07) is -0.480. The largest absolute Gasteiger partial charge is 0.493 e. The van der Waals surface area contributed by atoms with Crippen molar-refractivity contribution in [2.24, 2.45) is 11.3 Å². The standard InChI is InChI=1S/C19H26F3NO3/c1-18-7-6-10(8-18)9-19(24,17(18)23(2)3)11-12(20)16(26-5)14(22)13(21)15(11)25-4/h10,17,24H,6-9H2,1-5H3. The summed E-state index contributed by atoms with van der Waals surface area (Å²) in [5.41, 5.74) is -2.35. The first kappa shape index (κ1) is 19.3. The highest BCUT2D eigenvalue weighted by Gasteiger charge is 2.60. The maximum absolute atomic E-state index is 15.2. The first-order valence-electron chi connectivity index (χ1n) is 8.78. The molecule has 0 amide bonds. The van der Waals surface area contributed by atoms with Crippen LogP contribution in [0.4, 0.5) is 13.2 Å². The zero-order chi connectivity index (χ0) is 19.4. The fraction of sp³-hybridized carbons (Fsp3) is 0.684. The first-order chi connectivity index (χ1) is 12.1. The number of likely N-dealkylation sites (N-methyl/N-ethyl adjacent to an activating group) is 1. The molecule has 7 heteroatoms. The lowest BCUT2D eigenvalue weighted by molar-refractivity contribution is -0.124. The average Bonchev–Trinajstić information content (AvgIpc) is 2.86. The molecule has 0 aromatic heterocycles. The summed E-state index contributed by atoms with van der Waals surface area (Å²) >= 11 is 0. The molecule has 2 aliphatic carbocycles. The second kappa shape index (κ2) is 6.30. The highest BCUT2D eigenvalue weighted by Crippen LogP contribution is 2.60. The molecule has 2 saturated carbocycles. The highest BCUT2D eigenvalue weighted by molar-refractivity contribution is 5.49. The number of halogens is 3. The number of aliphatic hydroxyl groups is 1. The Morgan fingerprint density at radius 3 is 2.12 bits per heavy atom. The smallest absolute Gasteiger partial charge is 0.207 e. The molecule has 4 unspecified atom stereocenters. The lowest BCUT2D eigenvalue weighted by Crippen LogP contribution is -2.59. The lowest BCUT2D eigenvalue weighted by Gasteiger charge is -2.52. The van der Waals surface area contributed by atoms with Crippen LogP contribution in [0.2, 0.25) is 0 Å². The van der Waals surface area contributed by atoms with E-state index >= 15 is 4.39 Å². The highest BCUT2D eigenvalue weighted by atomic mass is 19.2. The van der Waals surface area contributed by atoms with E-state index in [1.54, 1.807) is 14.1 Å². The van der Waals surface area contributed by atoms with Crippen molar-refractivity contribution in [2.75, 3.05) is 28.3 Å². The van der Waals surface area contributed by atoms with E-state index in [4.69, 9.17) is 9.47 Å². The fourth-order valence-corrected chi connectivity index (χ4v) is 5.61. The number of hydrogen-bond acceptors (Lipinski definition) is 4. The van der Waals surface area contributed by atoms with Crippen LogP contribution in [0, 0.1) is 28.8 Å². The molecule has 0 aliphatic heterocycles. The third kappa shape index (κ3) is 2.51. The maximum atomic E-state index is 15.2. The molecule has 1 aromatic carbocycles. The molecule has 0 saturated heterocycles. The predicted octanol–water partition coefficient (Wildman–Crippen LogP) is 3.45. The van der Waals surface area contributed by atoms with Crippen molar-refractivity contribution in [3.63, 3.8) is 0 Å². The van der Waals surface area contributed by atoms with E-state index in [0.717, 1.165) is 33.5 Å². The Morgan fingerprint density at radius 2 is 1.58 bits per heavy atom. The van der Waals surface area contributed by atoms with E-state index in [1.165, 1.54) is 0 Å². The normalized spacial score (nSPS) is 33.6. The van der Waals surface area contributed by atoms with Gasteiger partial charge in [0.15, 0.2) is 17.3 Å². The van der Waals surface area contributed by atoms with E-state index in [2.05, 4.69) is 6.92 Å². The molecule has 0 spiro atoms. The van der Waals surface area contributed by atoms with Crippen LogP contribution in [0.15, 0.2) is 0 Å². The van der Waals surface area contributed by atoms with Crippen molar-refractivity contribution in [2.45, 2.75) is 44.2 Å². The molecule has 1 N–H and O–H groups in total. The maximum Gasteiger partial charge on any atom is 0.207 e. The third-order valence-electron chi connectivity index (χ3n) is 6.19. The van der Waals surface area contributed by atoms with Gasteiger partial charge in [-0.25, -0.2) is 4.39 Å². The van der Waals surface area contributed by atoms with Gasteiger partial charge in [0.2, 0.25) is 11.6 Å². The Morgan fingerprint density at radius 1 is 1.00 bits per heavy atom. The van der Waals surface area contributed by atoms with Crippen LogP contribution in [0.5, 0.6) is 11.5 Å². The van der Waals surface area contributed by atoms with Gasteiger partial charge in [0.25, 0.3) is 0 Å². The zero-order valence-electron chi connectivity index (χ0n) is 15.8. The number of methoxy groups -OCH3 is 2. The summed E-state index contributed by atoms with van der Waals surface area (Å²) in [5.74, 6) is -5.17. The van der Waals surface area contributed by atoms with Crippen LogP contribution >= 0.6 is 0 Å². The van der Waals surface area contributed by atoms with Crippen LogP contribution in [-0.2, 0) is 5.60 Å². The number of hydrogen-bond donors (Lipinski definition) is 1. The Balaban J connectivity index is 2.32. The van der Waals surface area contributed by atoms with Crippen LogP contribution in [-0.4, -0.2) is 44.4 Å². The second-order valence-corrected chi connectivity index (χ2v) is 8.14. The van der Waals surface area contributed by atoms with Gasteiger partial charge in [-0.15, -0.1) is 0 Å².